The van der Waals surface area contributed by atoms with Crippen molar-refractivity contribution in [1.82, 2.24) is 0 Å². The highest BCUT2D eigenvalue weighted by Crippen LogP contribution is 2.55. The van der Waals surface area contributed by atoms with E-state index in [0.717, 1.165) is 11.1 Å². The van der Waals surface area contributed by atoms with E-state index in [9.17, 15) is 0 Å². The predicted molar refractivity (Wildman–Crippen MR) is 38.7 cm³/mol. The number of rotatable bonds is 0. The first-order valence-corrected chi connectivity index (χ1v) is 4.79. The normalized spacial score (nSPS) is 43.6. The smallest absolute Gasteiger partial charge is 0.0564 e. The third-order valence-corrected chi connectivity index (χ3v) is 4.68. The van der Waals surface area contributed by atoms with Gasteiger partial charge in [0, 0.05) is 0 Å². The largest absolute Gasteiger partial charge is 0.0585 e. The van der Waals surface area contributed by atoms with Crippen molar-refractivity contribution in [2.45, 2.75) is 23.9 Å². The van der Waals surface area contributed by atoms with Gasteiger partial charge in [-0.25, -0.2) is 0 Å². The number of allylic oxidation sites excluding steroid dienone is 4. The van der Waals surface area contributed by atoms with Crippen molar-refractivity contribution in [1.29, 1.82) is 0 Å². The van der Waals surface area contributed by atoms with Crippen LogP contribution >= 0.6 is 0 Å². The Morgan fingerprint density at radius 2 is 1.67 bits per heavy atom. The summed E-state index contributed by atoms with van der Waals surface area (Å²) >= 11 is 0. The molecule has 0 amide bonds. The fourth-order valence-electron chi connectivity index (χ4n) is 2.14. The third kappa shape index (κ3) is 0.378. The van der Waals surface area contributed by atoms with Crippen LogP contribution in [0.25, 0.3) is 0 Å². The molecule has 3 rings (SSSR count). The Hall–Kier alpha value is -0.303. The van der Waals surface area contributed by atoms with Gasteiger partial charge in [0.05, 0.1) is 9.52 Å². The summed E-state index contributed by atoms with van der Waals surface area (Å²) in [4.78, 5) is 0. The van der Waals surface area contributed by atoms with Gasteiger partial charge in [0.1, 0.15) is 0 Å². The summed E-state index contributed by atoms with van der Waals surface area (Å²) in [6.07, 6.45) is 7.64. The highest BCUT2D eigenvalue weighted by molar-refractivity contribution is 6.46. The lowest BCUT2D eigenvalue weighted by atomic mass is 9.85. The van der Waals surface area contributed by atoms with E-state index in [1.165, 1.54) is 22.4 Å². The molecule has 1 heteroatoms. The minimum absolute atomic E-state index is 1.02. The second-order valence-electron chi connectivity index (χ2n) is 3.09. The minimum Gasteiger partial charge on any atom is -0.0585 e. The van der Waals surface area contributed by atoms with Crippen LogP contribution in [-0.2, 0) is 0 Å². The van der Waals surface area contributed by atoms with Gasteiger partial charge in [-0.15, -0.1) is 0 Å². The molecule has 2 unspecified atom stereocenters. The van der Waals surface area contributed by atoms with Crippen molar-refractivity contribution >= 4 is 9.52 Å². The lowest BCUT2D eigenvalue weighted by Crippen LogP contribution is -1.99. The highest BCUT2D eigenvalue weighted by atomic mass is 28.2. The first kappa shape index (κ1) is 4.50. The van der Waals surface area contributed by atoms with Crippen LogP contribution in [0.5, 0.6) is 0 Å². The van der Waals surface area contributed by atoms with Gasteiger partial charge in [-0.3, -0.25) is 0 Å². The second kappa shape index (κ2) is 1.24. The maximum absolute atomic E-state index is 2.33. The zero-order valence-electron chi connectivity index (χ0n) is 5.22. The maximum atomic E-state index is 2.33. The van der Waals surface area contributed by atoms with Crippen molar-refractivity contribution in [3.63, 3.8) is 0 Å². The molecule has 3 aliphatic rings. The molecule has 44 valence electrons. The van der Waals surface area contributed by atoms with Crippen LogP contribution in [-0.4, -0.2) is 9.52 Å². The molecule has 0 nitrogen and oxygen atoms in total. The molecule has 2 aliphatic heterocycles. The van der Waals surface area contributed by atoms with E-state index in [4.69, 9.17) is 0 Å². The summed E-state index contributed by atoms with van der Waals surface area (Å²) in [6, 6.07) is 0. The van der Waals surface area contributed by atoms with E-state index in [2.05, 4.69) is 12.2 Å². The third-order valence-electron chi connectivity index (χ3n) is 2.67. The molecule has 2 radical (unpaired) electrons. The van der Waals surface area contributed by atoms with Crippen molar-refractivity contribution in [2.24, 2.45) is 0 Å². The molecular formula is C8H8Si. The zero-order valence-corrected chi connectivity index (χ0v) is 6.22. The Morgan fingerprint density at radius 3 is 2.00 bits per heavy atom. The fourth-order valence-corrected chi connectivity index (χ4v) is 4.18. The molecule has 2 bridgehead atoms. The Kier molecular flexibility index (Phi) is 0.619. The molecule has 1 saturated heterocycles. The van der Waals surface area contributed by atoms with E-state index < -0.39 is 0 Å². The van der Waals surface area contributed by atoms with E-state index >= 15 is 0 Å². The lowest BCUT2D eigenvalue weighted by Gasteiger charge is -2.20. The molecule has 1 fully saturated rings. The van der Waals surface area contributed by atoms with E-state index in [0.29, 0.717) is 0 Å². The minimum atomic E-state index is 1.02. The van der Waals surface area contributed by atoms with Crippen LogP contribution in [0, 0.1) is 0 Å². The number of hydrogen-bond acceptors (Lipinski definition) is 0. The van der Waals surface area contributed by atoms with Gasteiger partial charge in [0.2, 0.25) is 0 Å². The van der Waals surface area contributed by atoms with E-state index in [1.807, 2.05) is 0 Å². The standard InChI is InChI=1S/C8H8Si/c1-2-6-5(1)7-3-4-8(6)9-7/h1-2,7-8H,3-4H2. The van der Waals surface area contributed by atoms with Gasteiger partial charge in [-0.1, -0.05) is 12.2 Å². The molecule has 0 saturated carbocycles. The summed E-state index contributed by atoms with van der Waals surface area (Å²) < 4.78 is 0. The van der Waals surface area contributed by atoms with Crippen LogP contribution < -0.4 is 0 Å². The average Bonchev–Trinajstić information content (AvgIpc) is 2.18. The van der Waals surface area contributed by atoms with E-state index in [1.54, 1.807) is 11.1 Å². The maximum Gasteiger partial charge on any atom is 0.0564 e. The van der Waals surface area contributed by atoms with Gasteiger partial charge < -0.3 is 0 Å². The van der Waals surface area contributed by atoms with Crippen LogP contribution in [0.15, 0.2) is 23.3 Å². The van der Waals surface area contributed by atoms with Crippen LogP contribution in [0.2, 0.25) is 11.1 Å². The monoisotopic (exact) mass is 132 g/mol. The predicted octanol–water partition coefficient (Wildman–Crippen LogP) is 1.94. The number of fused-ring (bicyclic) bond motifs is 4. The van der Waals surface area contributed by atoms with Crippen LogP contribution in [0.3, 0.4) is 0 Å². The van der Waals surface area contributed by atoms with Crippen molar-refractivity contribution < 1.29 is 0 Å². The lowest BCUT2D eigenvalue weighted by molar-refractivity contribution is 0.744. The SMILES string of the molecule is C1=CC2=C1C1CCC2[Si]1. The molecule has 0 N–H and O–H groups in total. The molecule has 9 heavy (non-hydrogen) atoms. The Morgan fingerprint density at radius 1 is 1.11 bits per heavy atom. The van der Waals surface area contributed by atoms with Crippen molar-refractivity contribution in [3.05, 3.63) is 23.3 Å². The Labute approximate surface area is 57.5 Å². The van der Waals surface area contributed by atoms with E-state index in [-0.39, 0.29) is 0 Å². The molecule has 0 aromatic heterocycles. The Balaban J connectivity index is 2.13. The summed E-state index contributed by atoms with van der Waals surface area (Å²) in [5, 5.41) is 0. The summed E-state index contributed by atoms with van der Waals surface area (Å²) in [7, 11) is 1.25. The summed E-state index contributed by atoms with van der Waals surface area (Å²) in [5.41, 5.74) is 5.50. The topological polar surface area (TPSA) is 0 Å². The van der Waals surface area contributed by atoms with Crippen LogP contribution in [0.4, 0.5) is 0 Å². The van der Waals surface area contributed by atoms with Gasteiger partial charge >= 0.3 is 0 Å². The second-order valence-corrected chi connectivity index (χ2v) is 4.82. The average molecular weight is 132 g/mol. The van der Waals surface area contributed by atoms with Gasteiger partial charge in [0.15, 0.2) is 0 Å². The van der Waals surface area contributed by atoms with Gasteiger partial charge in [-0.2, -0.15) is 0 Å². The molecule has 0 aromatic carbocycles. The van der Waals surface area contributed by atoms with Crippen molar-refractivity contribution in [2.75, 3.05) is 0 Å². The summed E-state index contributed by atoms with van der Waals surface area (Å²) in [5.74, 6) is 0. The molecule has 1 aliphatic carbocycles. The molecule has 2 atom stereocenters. The van der Waals surface area contributed by atoms with Crippen molar-refractivity contribution in [3.8, 4) is 0 Å². The first-order valence-electron chi connectivity index (χ1n) is 3.63. The van der Waals surface area contributed by atoms with Gasteiger partial charge in [-0.05, 0) is 35.1 Å². The number of hydrogen-bond donors (Lipinski definition) is 0. The van der Waals surface area contributed by atoms with Gasteiger partial charge in [0.25, 0.3) is 0 Å². The summed E-state index contributed by atoms with van der Waals surface area (Å²) in [6.45, 7) is 0. The molecular weight excluding hydrogens is 124 g/mol. The zero-order chi connectivity index (χ0) is 5.84. The molecule has 2 heterocycles. The molecule has 0 spiro atoms. The van der Waals surface area contributed by atoms with Crippen LogP contribution in [0.1, 0.15) is 12.8 Å². The molecule has 0 aromatic rings. The highest BCUT2D eigenvalue weighted by Gasteiger charge is 2.40. The fraction of sp³-hybridized carbons (Fsp3) is 0.500. The first-order chi connectivity index (χ1) is 4.45. The quantitative estimate of drug-likeness (QED) is 0.442. The Bertz CT molecular complexity index is 203.